The molecule has 3 fully saturated rings. The van der Waals surface area contributed by atoms with Crippen molar-refractivity contribution in [2.75, 3.05) is 13.2 Å². The fourth-order valence-electron chi connectivity index (χ4n) is 2.29. The van der Waals surface area contributed by atoms with Crippen LogP contribution in [-0.2, 0) is 14.3 Å². The number of hydrogen-bond donors (Lipinski definition) is 6. The summed E-state index contributed by atoms with van der Waals surface area (Å²) in [6.45, 7) is 3.59. The predicted octanol–water partition coefficient (Wildman–Crippen LogP) is -3.30. The van der Waals surface area contributed by atoms with E-state index in [2.05, 4.69) is 11.9 Å². The number of aliphatic hydroxyl groups is 4. The monoisotopic (exact) mass is 302 g/mol. The fraction of sp³-hybridized carbons (Fsp3) is 0.667. The van der Waals surface area contributed by atoms with Crippen molar-refractivity contribution in [2.45, 2.75) is 36.5 Å². The van der Waals surface area contributed by atoms with Crippen LogP contribution in [-0.4, -0.2) is 68.6 Å². The highest BCUT2D eigenvalue weighted by Gasteiger charge is 2.63. The number of piperazine rings is 1. The number of fused-ring (bicyclic) bond motifs is 5. The Morgan fingerprint density at radius 3 is 2.62 bits per heavy atom. The number of aliphatic hydroxyl groups excluding tert-OH is 2. The summed E-state index contributed by atoms with van der Waals surface area (Å²) in [5.41, 5.74) is -6.69. The summed E-state index contributed by atoms with van der Waals surface area (Å²) < 4.78 is 5.27. The van der Waals surface area contributed by atoms with E-state index in [9.17, 15) is 24.9 Å². The lowest BCUT2D eigenvalue weighted by Gasteiger charge is -2.49. The van der Waals surface area contributed by atoms with Crippen molar-refractivity contribution >= 4 is 11.8 Å². The maximum atomic E-state index is 12.2. The SMILES string of the molecule is C=C1CCO[C@]2(C(O)[C@@](C)(O)CO)NC(=O)[C@@]1(O)NC2=O. The van der Waals surface area contributed by atoms with Gasteiger partial charge in [0, 0.05) is 0 Å². The molecule has 4 atom stereocenters. The van der Waals surface area contributed by atoms with E-state index in [1.807, 2.05) is 5.32 Å². The second kappa shape index (κ2) is 4.75. The van der Waals surface area contributed by atoms with E-state index < -0.39 is 41.6 Å². The minimum Gasteiger partial charge on any atom is -0.393 e. The molecule has 1 unspecified atom stereocenters. The van der Waals surface area contributed by atoms with E-state index in [-0.39, 0.29) is 18.6 Å². The Morgan fingerprint density at radius 2 is 2.05 bits per heavy atom. The lowest BCUT2D eigenvalue weighted by molar-refractivity contribution is -0.230. The zero-order chi connectivity index (χ0) is 16.1. The summed E-state index contributed by atoms with van der Waals surface area (Å²) in [7, 11) is 0. The van der Waals surface area contributed by atoms with Crippen LogP contribution in [0.4, 0.5) is 0 Å². The molecule has 0 radical (unpaired) electrons. The summed E-state index contributed by atoms with van der Waals surface area (Å²) in [6, 6.07) is 0. The predicted molar refractivity (Wildman–Crippen MR) is 67.4 cm³/mol. The maximum absolute atomic E-state index is 12.2. The molecule has 0 aliphatic carbocycles. The van der Waals surface area contributed by atoms with Crippen LogP contribution >= 0.6 is 0 Å². The minimum absolute atomic E-state index is 0.0325. The highest BCUT2D eigenvalue weighted by atomic mass is 16.5. The van der Waals surface area contributed by atoms with E-state index in [1.165, 1.54) is 0 Å². The summed E-state index contributed by atoms with van der Waals surface area (Å²) in [5.74, 6) is -2.09. The highest BCUT2D eigenvalue weighted by Crippen LogP contribution is 2.32. The Bertz CT molecular complexity index is 506. The third-order valence-corrected chi connectivity index (χ3v) is 3.80. The normalized spacial score (nSPS) is 37.1. The van der Waals surface area contributed by atoms with Crippen LogP contribution in [0.15, 0.2) is 12.2 Å². The topological polar surface area (TPSA) is 148 Å². The molecule has 0 aromatic heterocycles. The van der Waals surface area contributed by atoms with Gasteiger partial charge in [-0.1, -0.05) is 6.58 Å². The lowest BCUT2D eigenvalue weighted by Crippen LogP contribution is -2.82. The Balaban J connectivity index is 2.47. The number of rotatable bonds is 3. The Kier molecular flexibility index (Phi) is 3.59. The van der Waals surface area contributed by atoms with Gasteiger partial charge in [-0.05, 0) is 18.9 Å². The van der Waals surface area contributed by atoms with Gasteiger partial charge in [-0.2, -0.15) is 0 Å². The Morgan fingerprint density at radius 1 is 1.43 bits per heavy atom. The molecule has 3 rings (SSSR count). The summed E-state index contributed by atoms with van der Waals surface area (Å²) in [5, 5.41) is 43.6. The van der Waals surface area contributed by atoms with Gasteiger partial charge < -0.3 is 35.8 Å². The molecule has 2 amide bonds. The molecular weight excluding hydrogens is 284 g/mol. The van der Waals surface area contributed by atoms with Gasteiger partial charge in [0.2, 0.25) is 5.72 Å². The number of nitrogens with one attached hydrogen (secondary N) is 2. The zero-order valence-electron chi connectivity index (χ0n) is 11.4. The maximum Gasteiger partial charge on any atom is 0.280 e. The molecule has 3 aliphatic rings. The summed E-state index contributed by atoms with van der Waals surface area (Å²) in [6.07, 6.45) is -1.91. The number of amides is 2. The standard InChI is InChI=1S/C12H18N2O7/c1-6-3-4-21-12(7(16)10(2,19)5-15)9(18)13-11(6,20)8(17)14-12/h7,15-16,19-20H,1,3-5H2,2H3,(H,13,18)(H,14,17)/t7?,10-,11+,12-/m0/s1. The van der Waals surface area contributed by atoms with Gasteiger partial charge in [0.15, 0.2) is 0 Å². The average Bonchev–Trinajstić information content (AvgIpc) is 2.42. The van der Waals surface area contributed by atoms with Crippen molar-refractivity contribution in [1.82, 2.24) is 10.6 Å². The number of hydrogen-bond acceptors (Lipinski definition) is 7. The summed E-state index contributed by atoms with van der Waals surface area (Å²) >= 11 is 0. The first-order chi connectivity index (χ1) is 9.60. The molecule has 0 aromatic rings. The molecule has 3 saturated heterocycles. The molecule has 6 N–H and O–H groups in total. The molecule has 0 saturated carbocycles. The molecular formula is C12H18N2O7. The van der Waals surface area contributed by atoms with Gasteiger partial charge >= 0.3 is 0 Å². The number of carbonyl (C=O) groups excluding carboxylic acids is 2. The zero-order valence-corrected chi connectivity index (χ0v) is 11.4. The molecule has 3 aliphatic heterocycles. The van der Waals surface area contributed by atoms with Crippen LogP contribution in [0.25, 0.3) is 0 Å². The first kappa shape index (κ1) is 15.9. The second-order valence-corrected chi connectivity index (χ2v) is 5.47. The molecule has 0 aromatic carbocycles. The average molecular weight is 302 g/mol. The van der Waals surface area contributed by atoms with Gasteiger partial charge in [-0.25, -0.2) is 0 Å². The van der Waals surface area contributed by atoms with E-state index in [0.717, 1.165) is 6.92 Å². The highest BCUT2D eigenvalue weighted by molar-refractivity contribution is 6.02. The van der Waals surface area contributed by atoms with Gasteiger partial charge in [-0.15, -0.1) is 0 Å². The van der Waals surface area contributed by atoms with Crippen LogP contribution in [0, 0.1) is 0 Å². The van der Waals surface area contributed by atoms with Gasteiger partial charge in [-0.3, -0.25) is 9.59 Å². The number of ether oxygens (including phenoxy) is 1. The van der Waals surface area contributed by atoms with Crippen LogP contribution < -0.4 is 10.6 Å². The van der Waals surface area contributed by atoms with E-state index in [0.29, 0.717) is 0 Å². The van der Waals surface area contributed by atoms with Crippen LogP contribution in [0.2, 0.25) is 0 Å². The first-order valence-corrected chi connectivity index (χ1v) is 6.31. The van der Waals surface area contributed by atoms with Crippen molar-refractivity contribution in [3.63, 3.8) is 0 Å². The molecule has 2 bridgehead atoms. The number of carbonyl (C=O) groups is 2. The quantitative estimate of drug-likeness (QED) is 0.299. The van der Waals surface area contributed by atoms with Gasteiger partial charge in [0.25, 0.3) is 17.5 Å². The molecule has 9 nitrogen and oxygen atoms in total. The van der Waals surface area contributed by atoms with Gasteiger partial charge in [0.05, 0.1) is 13.2 Å². The smallest absolute Gasteiger partial charge is 0.280 e. The molecule has 3 heterocycles. The van der Waals surface area contributed by atoms with E-state index >= 15 is 0 Å². The molecule has 9 heteroatoms. The van der Waals surface area contributed by atoms with E-state index in [1.54, 1.807) is 0 Å². The third-order valence-electron chi connectivity index (χ3n) is 3.80. The Hall–Kier alpha value is -1.52. The Labute approximate surface area is 120 Å². The molecule has 0 spiro atoms. The van der Waals surface area contributed by atoms with Crippen LogP contribution in [0.3, 0.4) is 0 Å². The van der Waals surface area contributed by atoms with Crippen molar-refractivity contribution in [3.8, 4) is 0 Å². The summed E-state index contributed by atoms with van der Waals surface area (Å²) in [4.78, 5) is 24.3. The first-order valence-electron chi connectivity index (χ1n) is 6.31. The lowest BCUT2D eigenvalue weighted by atomic mass is 9.85. The molecule has 118 valence electrons. The largest absolute Gasteiger partial charge is 0.393 e. The van der Waals surface area contributed by atoms with Crippen LogP contribution in [0.5, 0.6) is 0 Å². The van der Waals surface area contributed by atoms with Crippen LogP contribution in [0.1, 0.15) is 13.3 Å². The van der Waals surface area contributed by atoms with Crippen molar-refractivity contribution in [1.29, 1.82) is 0 Å². The van der Waals surface area contributed by atoms with Crippen molar-refractivity contribution < 1.29 is 34.8 Å². The van der Waals surface area contributed by atoms with E-state index in [4.69, 9.17) is 9.84 Å². The molecule has 21 heavy (non-hydrogen) atoms. The third kappa shape index (κ3) is 2.14. The van der Waals surface area contributed by atoms with Crippen molar-refractivity contribution in [3.05, 3.63) is 12.2 Å². The van der Waals surface area contributed by atoms with Crippen molar-refractivity contribution in [2.24, 2.45) is 0 Å². The fourth-order valence-corrected chi connectivity index (χ4v) is 2.29. The second-order valence-electron chi connectivity index (χ2n) is 5.47. The minimum atomic E-state index is -2.31. The van der Waals surface area contributed by atoms with Gasteiger partial charge in [0.1, 0.15) is 11.7 Å².